The van der Waals surface area contributed by atoms with Crippen LogP contribution < -0.4 is 0 Å². The summed E-state index contributed by atoms with van der Waals surface area (Å²) < 4.78 is 1.54. The number of hydrogen-bond acceptors (Lipinski definition) is 3. The Morgan fingerprint density at radius 1 is 1.82 bits per heavy atom. The second kappa shape index (κ2) is 2.36. The minimum absolute atomic E-state index is 0.516. The summed E-state index contributed by atoms with van der Waals surface area (Å²) in [6.45, 7) is 1.43. The summed E-state index contributed by atoms with van der Waals surface area (Å²) in [5.41, 5.74) is -0.906. The van der Waals surface area contributed by atoms with Crippen LogP contribution in [0.2, 0.25) is 0 Å². The lowest BCUT2D eigenvalue weighted by molar-refractivity contribution is 0.119. The first-order valence-corrected chi connectivity index (χ1v) is 3.19. The Balaban J connectivity index is 3.04. The molecule has 1 atom stereocenters. The lowest BCUT2D eigenvalue weighted by atomic mass is 10.0. The van der Waals surface area contributed by atoms with Crippen molar-refractivity contribution in [1.29, 1.82) is 5.26 Å². The highest BCUT2D eigenvalue weighted by atomic mass is 16.3. The van der Waals surface area contributed by atoms with Crippen molar-refractivity contribution in [3.63, 3.8) is 0 Å². The van der Waals surface area contributed by atoms with E-state index in [0.29, 0.717) is 5.56 Å². The van der Waals surface area contributed by atoms with Crippen LogP contribution >= 0.6 is 0 Å². The zero-order valence-electron chi connectivity index (χ0n) is 6.44. The summed E-state index contributed by atoms with van der Waals surface area (Å²) in [6, 6.07) is 1.77. The summed E-state index contributed by atoms with van der Waals surface area (Å²) in [4.78, 5) is 0. The summed E-state index contributed by atoms with van der Waals surface area (Å²) >= 11 is 0. The van der Waals surface area contributed by atoms with E-state index in [1.54, 1.807) is 24.0 Å². The molecule has 0 saturated carbocycles. The molecule has 0 bridgehead atoms. The van der Waals surface area contributed by atoms with Crippen molar-refractivity contribution < 1.29 is 5.11 Å². The first-order chi connectivity index (χ1) is 5.06. The van der Waals surface area contributed by atoms with Gasteiger partial charge in [-0.2, -0.15) is 10.4 Å². The number of aliphatic hydroxyl groups is 1. The summed E-state index contributed by atoms with van der Waals surface area (Å²) in [7, 11) is 1.73. The highest BCUT2D eigenvalue weighted by molar-refractivity contribution is 5.21. The lowest BCUT2D eigenvalue weighted by Crippen LogP contribution is -2.16. The van der Waals surface area contributed by atoms with Crippen LogP contribution in [0.5, 0.6) is 0 Å². The molecule has 0 radical (unpaired) electrons. The van der Waals surface area contributed by atoms with E-state index in [4.69, 9.17) is 5.26 Å². The van der Waals surface area contributed by atoms with Gasteiger partial charge in [0, 0.05) is 18.8 Å². The molecule has 1 aromatic heterocycles. The van der Waals surface area contributed by atoms with Crippen molar-refractivity contribution in [2.45, 2.75) is 12.5 Å². The van der Waals surface area contributed by atoms with Gasteiger partial charge in [-0.05, 0) is 6.92 Å². The molecule has 58 valence electrons. The minimum Gasteiger partial charge on any atom is -0.372 e. The zero-order valence-corrected chi connectivity index (χ0v) is 6.44. The van der Waals surface area contributed by atoms with Crippen molar-refractivity contribution in [2.24, 2.45) is 7.05 Å². The van der Waals surface area contributed by atoms with Crippen molar-refractivity contribution in [3.8, 4) is 6.07 Å². The molecule has 11 heavy (non-hydrogen) atoms. The van der Waals surface area contributed by atoms with Crippen molar-refractivity contribution in [3.05, 3.63) is 18.0 Å². The molecular weight excluding hydrogens is 142 g/mol. The number of aryl methyl sites for hydroxylation is 1. The summed E-state index contributed by atoms with van der Waals surface area (Å²) in [5.74, 6) is 0. The fraction of sp³-hybridized carbons (Fsp3) is 0.429. The zero-order chi connectivity index (χ0) is 8.48. The maximum atomic E-state index is 9.39. The third kappa shape index (κ3) is 1.38. The van der Waals surface area contributed by atoms with Crippen molar-refractivity contribution in [2.75, 3.05) is 0 Å². The number of rotatable bonds is 1. The molecule has 0 amide bonds. The fourth-order valence-electron chi connectivity index (χ4n) is 0.737. The Hall–Kier alpha value is -1.34. The number of aromatic nitrogens is 2. The molecule has 4 heteroatoms. The van der Waals surface area contributed by atoms with Gasteiger partial charge in [0.2, 0.25) is 0 Å². The van der Waals surface area contributed by atoms with Gasteiger partial charge in [-0.1, -0.05) is 0 Å². The van der Waals surface area contributed by atoms with Gasteiger partial charge in [0.1, 0.15) is 6.07 Å². The predicted octanol–water partition coefficient (Wildman–Crippen LogP) is 0.151. The molecule has 1 N–H and O–H groups in total. The minimum atomic E-state index is -1.42. The molecule has 1 unspecified atom stereocenters. The van der Waals surface area contributed by atoms with E-state index in [1.165, 1.54) is 13.1 Å². The van der Waals surface area contributed by atoms with Gasteiger partial charge >= 0.3 is 0 Å². The van der Waals surface area contributed by atoms with E-state index >= 15 is 0 Å². The molecule has 1 aromatic rings. The SMILES string of the molecule is Cn1cc(C(C)(O)C#N)cn1. The van der Waals surface area contributed by atoms with Gasteiger partial charge in [0.25, 0.3) is 0 Å². The average molecular weight is 151 g/mol. The highest BCUT2D eigenvalue weighted by Gasteiger charge is 2.23. The van der Waals surface area contributed by atoms with Crippen LogP contribution in [0.1, 0.15) is 12.5 Å². The Kier molecular flexibility index (Phi) is 1.67. The van der Waals surface area contributed by atoms with E-state index in [2.05, 4.69) is 5.10 Å². The second-order valence-corrected chi connectivity index (χ2v) is 2.59. The molecule has 0 aliphatic rings. The highest BCUT2D eigenvalue weighted by Crippen LogP contribution is 2.17. The Bertz CT molecular complexity index is 295. The monoisotopic (exact) mass is 151 g/mol. The fourth-order valence-corrected chi connectivity index (χ4v) is 0.737. The molecule has 1 heterocycles. The Morgan fingerprint density at radius 2 is 2.45 bits per heavy atom. The van der Waals surface area contributed by atoms with Gasteiger partial charge < -0.3 is 5.11 Å². The van der Waals surface area contributed by atoms with Crippen LogP contribution in [-0.2, 0) is 12.6 Å². The summed E-state index contributed by atoms with van der Waals surface area (Å²) in [5, 5.41) is 21.7. The summed E-state index contributed by atoms with van der Waals surface area (Å²) in [6.07, 6.45) is 3.09. The first-order valence-electron chi connectivity index (χ1n) is 3.19. The third-order valence-corrected chi connectivity index (χ3v) is 1.48. The molecule has 1 rings (SSSR count). The van der Waals surface area contributed by atoms with E-state index in [-0.39, 0.29) is 0 Å². The van der Waals surface area contributed by atoms with Crippen LogP contribution in [0.4, 0.5) is 0 Å². The van der Waals surface area contributed by atoms with Gasteiger partial charge in [-0.3, -0.25) is 4.68 Å². The number of nitriles is 1. The van der Waals surface area contributed by atoms with E-state index in [0.717, 1.165) is 0 Å². The van der Waals surface area contributed by atoms with E-state index in [9.17, 15) is 5.11 Å². The lowest BCUT2D eigenvalue weighted by Gasteiger charge is -2.09. The standard InChI is InChI=1S/C7H9N3O/c1-7(11,5-8)6-3-9-10(2)4-6/h3-4,11H,1-2H3. The third-order valence-electron chi connectivity index (χ3n) is 1.48. The molecule has 0 aliphatic heterocycles. The molecular formula is C7H9N3O. The van der Waals surface area contributed by atoms with Crippen LogP contribution in [0.25, 0.3) is 0 Å². The van der Waals surface area contributed by atoms with Gasteiger partial charge in [0.15, 0.2) is 5.60 Å². The predicted molar refractivity (Wildman–Crippen MR) is 38.4 cm³/mol. The number of hydrogen-bond donors (Lipinski definition) is 1. The Morgan fingerprint density at radius 3 is 2.82 bits per heavy atom. The van der Waals surface area contributed by atoms with Crippen LogP contribution in [-0.4, -0.2) is 14.9 Å². The van der Waals surface area contributed by atoms with Crippen molar-refractivity contribution >= 4 is 0 Å². The number of nitrogens with zero attached hydrogens (tertiary/aromatic N) is 3. The maximum Gasteiger partial charge on any atom is 0.176 e. The topological polar surface area (TPSA) is 61.8 Å². The molecule has 0 spiro atoms. The van der Waals surface area contributed by atoms with Crippen molar-refractivity contribution in [1.82, 2.24) is 9.78 Å². The largest absolute Gasteiger partial charge is 0.372 e. The van der Waals surface area contributed by atoms with Crippen LogP contribution in [0.15, 0.2) is 12.4 Å². The van der Waals surface area contributed by atoms with Gasteiger partial charge in [-0.15, -0.1) is 0 Å². The second-order valence-electron chi connectivity index (χ2n) is 2.59. The smallest absolute Gasteiger partial charge is 0.176 e. The normalized spacial score (nSPS) is 15.5. The molecule has 0 fully saturated rings. The Labute approximate surface area is 64.7 Å². The molecule has 4 nitrogen and oxygen atoms in total. The molecule has 0 aromatic carbocycles. The molecule has 0 saturated heterocycles. The van der Waals surface area contributed by atoms with E-state index < -0.39 is 5.60 Å². The van der Waals surface area contributed by atoms with Crippen LogP contribution in [0, 0.1) is 11.3 Å². The maximum absolute atomic E-state index is 9.39. The van der Waals surface area contributed by atoms with E-state index in [1.807, 2.05) is 0 Å². The van der Waals surface area contributed by atoms with Gasteiger partial charge in [0.05, 0.1) is 6.20 Å². The quantitative estimate of drug-likeness (QED) is 0.581. The van der Waals surface area contributed by atoms with Gasteiger partial charge in [-0.25, -0.2) is 0 Å². The first kappa shape index (κ1) is 7.76. The average Bonchev–Trinajstić information content (AvgIpc) is 2.36. The molecule has 0 aliphatic carbocycles. The van der Waals surface area contributed by atoms with Crippen LogP contribution in [0.3, 0.4) is 0 Å².